The van der Waals surface area contributed by atoms with Crippen molar-refractivity contribution in [1.29, 1.82) is 0 Å². The van der Waals surface area contributed by atoms with Gasteiger partial charge in [0.1, 0.15) is 19.0 Å². The van der Waals surface area contributed by atoms with E-state index in [-0.39, 0.29) is 25.1 Å². The maximum absolute atomic E-state index is 11.6. The number of ether oxygens (including phenoxy) is 1. The van der Waals surface area contributed by atoms with Gasteiger partial charge in [-0.2, -0.15) is 0 Å². The lowest BCUT2D eigenvalue weighted by molar-refractivity contribution is -0.122. The molecule has 0 spiro atoms. The second-order valence-electron chi connectivity index (χ2n) is 3.55. The van der Waals surface area contributed by atoms with Crippen molar-refractivity contribution in [3.8, 4) is 0 Å². The lowest BCUT2D eigenvalue weighted by Crippen LogP contribution is -2.37. The number of carbonyl (C=O) groups excluding carboxylic acids is 1. The number of hydrogen-bond acceptors (Lipinski definition) is 4. The fourth-order valence-electron chi connectivity index (χ4n) is 1.40. The molecule has 6 nitrogen and oxygen atoms in total. The first-order valence-electron chi connectivity index (χ1n) is 5.06. The van der Waals surface area contributed by atoms with Crippen LogP contribution in [0.15, 0.2) is 12.4 Å². The van der Waals surface area contributed by atoms with Crippen LogP contribution in [0.3, 0.4) is 0 Å². The summed E-state index contributed by atoms with van der Waals surface area (Å²) in [5, 5.41) is 11.7. The number of carbonyl (C=O) groups is 1. The summed E-state index contributed by atoms with van der Waals surface area (Å²) >= 11 is 0. The van der Waals surface area contributed by atoms with Crippen LogP contribution in [0.4, 0.5) is 0 Å². The van der Waals surface area contributed by atoms with Crippen molar-refractivity contribution in [3.63, 3.8) is 0 Å². The van der Waals surface area contributed by atoms with Crippen LogP contribution in [0.1, 0.15) is 12.7 Å². The number of aromatic nitrogens is 2. The number of nitrogens with one attached hydrogen (secondary N) is 1. The Morgan fingerprint density at radius 3 is 3.12 bits per heavy atom. The summed E-state index contributed by atoms with van der Waals surface area (Å²) in [6.45, 7) is 2.32. The van der Waals surface area contributed by atoms with Crippen molar-refractivity contribution in [3.05, 3.63) is 18.2 Å². The van der Waals surface area contributed by atoms with Crippen molar-refractivity contribution in [2.24, 2.45) is 0 Å². The largest absolute Gasteiger partial charge is 0.388 e. The van der Waals surface area contributed by atoms with Crippen LogP contribution in [-0.2, 0) is 22.7 Å². The van der Waals surface area contributed by atoms with Crippen molar-refractivity contribution in [2.45, 2.75) is 26.1 Å². The lowest BCUT2D eigenvalue weighted by atomic mass is 10.3. The number of nitrogens with zero attached hydrogens (tertiary/aromatic N) is 2. The van der Waals surface area contributed by atoms with Crippen molar-refractivity contribution in [2.75, 3.05) is 13.7 Å². The van der Waals surface area contributed by atoms with Crippen LogP contribution < -0.4 is 5.32 Å². The molecular formula is C10H17N3O3. The van der Waals surface area contributed by atoms with Crippen LogP contribution in [-0.4, -0.2) is 40.3 Å². The second kappa shape index (κ2) is 6.24. The molecule has 90 valence electrons. The Morgan fingerprint density at radius 2 is 2.50 bits per heavy atom. The smallest absolute Gasteiger partial charge is 0.240 e. The summed E-state index contributed by atoms with van der Waals surface area (Å²) in [7, 11) is 1.59. The third kappa shape index (κ3) is 3.63. The van der Waals surface area contributed by atoms with Crippen LogP contribution in [0.5, 0.6) is 0 Å². The van der Waals surface area contributed by atoms with Gasteiger partial charge < -0.3 is 19.7 Å². The Morgan fingerprint density at radius 1 is 1.75 bits per heavy atom. The molecule has 0 fully saturated rings. The van der Waals surface area contributed by atoms with Gasteiger partial charge in [0.15, 0.2) is 0 Å². The number of rotatable bonds is 6. The quantitative estimate of drug-likeness (QED) is 0.688. The average Bonchev–Trinajstić information content (AvgIpc) is 2.65. The molecule has 1 heterocycles. The van der Waals surface area contributed by atoms with E-state index in [1.807, 2.05) is 6.92 Å². The Labute approximate surface area is 94.2 Å². The van der Waals surface area contributed by atoms with Gasteiger partial charge in [0, 0.05) is 25.5 Å². The highest BCUT2D eigenvalue weighted by Gasteiger charge is 2.09. The minimum absolute atomic E-state index is 0.0291. The molecule has 1 unspecified atom stereocenters. The fraction of sp³-hybridized carbons (Fsp3) is 0.600. The zero-order valence-corrected chi connectivity index (χ0v) is 9.51. The molecule has 0 saturated carbocycles. The minimum atomic E-state index is -0.173. The van der Waals surface area contributed by atoms with E-state index in [0.717, 1.165) is 0 Å². The molecule has 0 bridgehead atoms. The maximum Gasteiger partial charge on any atom is 0.240 e. The first kappa shape index (κ1) is 12.7. The molecule has 0 aliphatic heterocycles. The van der Waals surface area contributed by atoms with Crippen LogP contribution >= 0.6 is 0 Å². The normalized spacial score (nSPS) is 12.4. The van der Waals surface area contributed by atoms with Crippen LogP contribution in [0, 0.1) is 0 Å². The topological polar surface area (TPSA) is 76.4 Å². The van der Waals surface area contributed by atoms with E-state index in [2.05, 4.69) is 10.3 Å². The van der Waals surface area contributed by atoms with E-state index in [4.69, 9.17) is 9.84 Å². The first-order chi connectivity index (χ1) is 7.67. The monoisotopic (exact) mass is 227 g/mol. The first-order valence-corrected chi connectivity index (χ1v) is 5.06. The average molecular weight is 227 g/mol. The highest BCUT2D eigenvalue weighted by molar-refractivity contribution is 5.76. The molecule has 0 radical (unpaired) electrons. The minimum Gasteiger partial charge on any atom is -0.388 e. The molecule has 2 N–H and O–H groups in total. The fourth-order valence-corrected chi connectivity index (χ4v) is 1.40. The van der Waals surface area contributed by atoms with Crippen molar-refractivity contribution in [1.82, 2.24) is 14.9 Å². The van der Waals surface area contributed by atoms with Gasteiger partial charge in [-0.1, -0.05) is 0 Å². The van der Waals surface area contributed by atoms with Crippen LogP contribution in [0.25, 0.3) is 0 Å². The summed E-state index contributed by atoms with van der Waals surface area (Å²) < 4.78 is 6.52. The van der Waals surface area contributed by atoms with Crippen molar-refractivity contribution >= 4 is 5.91 Å². The Hall–Kier alpha value is -1.40. The SMILES string of the molecule is COCC(C)NC(=O)Cn1ccnc1CO. The third-order valence-corrected chi connectivity index (χ3v) is 2.08. The van der Waals surface area contributed by atoms with E-state index >= 15 is 0 Å². The summed E-state index contributed by atoms with van der Waals surface area (Å²) in [6, 6.07) is -0.0291. The zero-order chi connectivity index (χ0) is 12.0. The van der Waals surface area contributed by atoms with E-state index in [0.29, 0.717) is 12.4 Å². The molecule has 0 saturated heterocycles. The Kier molecular flexibility index (Phi) is 4.94. The molecular weight excluding hydrogens is 210 g/mol. The van der Waals surface area contributed by atoms with Crippen LogP contribution in [0.2, 0.25) is 0 Å². The van der Waals surface area contributed by atoms with E-state index < -0.39 is 0 Å². The highest BCUT2D eigenvalue weighted by Crippen LogP contribution is 1.97. The van der Waals surface area contributed by atoms with Gasteiger partial charge >= 0.3 is 0 Å². The van der Waals surface area contributed by atoms with E-state index in [1.165, 1.54) is 0 Å². The van der Waals surface area contributed by atoms with Gasteiger partial charge in [-0.3, -0.25) is 4.79 Å². The van der Waals surface area contributed by atoms with Gasteiger partial charge in [-0.15, -0.1) is 0 Å². The van der Waals surface area contributed by atoms with Crippen molar-refractivity contribution < 1.29 is 14.6 Å². The molecule has 1 rings (SSSR count). The Bertz CT molecular complexity index is 338. The highest BCUT2D eigenvalue weighted by atomic mass is 16.5. The molecule has 0 aliphatic rings. The third-order valence-electron chi connectivity index (χ3n) is 2.08. The Balaban J connectivity index is 2.45. The molecule has 6 heteroatoms. The van der Waals surface area contributed by atoms with Gasteiger partial charge in [0.2, 0.25) is 5.91 Å². The van der Waals surface area contributed by atoms with Gasteiger partial charge in [0.05, 0.1) is 6.61 Å². The second-order valence-corrected chi connectivity index (χ2v) is 3.55. The number of aliphatic hydroxyl groups excluding tert-OH is 1. The summed E-state index contributed by atoms with van der Waals surface area (Å²) in [5.41, 5.74) is 0. The predicted octanol–water partition coefficient (Wildman–Crippen LogP) is -0.474. The van der Waals surface area contributed by atoms with E-state index in [1.54, 1.807) is 24.1 Å². The predicted molar refractivity (Wildman–Crippen MR) is 57.6 cm³/mol. The van der Waals surface area contributed by atoms with Gasteiger partial charge in [0.25, 0.3) is 0 Å². The molecule has 1 aromatic rings. The molecule has 0 aromatic carbocycles. The zero-order valence-electron chi connectivity index (χ0n) is 9.51. The van der Waals surface area contributed by atoms with Gasteiger partial charge in [-0.25, -0.2) is 4.98 Å². The number of aliphatic hydroxyl groups is 1. The lowest BCUT2D eigenvalue weighted by Gasteiger charge is -2.13. The summed E-state index contributed by atoms with van der Waals surface area (Å²) in [5.74, 6) is 0.354. The number of methoxy groups -OCH3 is 1. The molecule has 16 heavy (non-hydrogen) atoms. The number of hydrogen-bond donors (Lipinski definition) is 2. The number of imidazole rings is 1. The standard InChI is InChI=1S/C10H17N3O3/c1-8(7-16-2)12-10(15)5-13-4-3-11-9(13)6-14/h3-4,8,14H,5-7H2,1-2H3,(H,12,15). The maximum atomic E-state index is 11.6. The molecule has 1 amide bonds. The van der Waals surface area contributed by atoms with Gasteiger partial charge in [-0.05, 0) is 6.92 Å². The molecule has 0 aliphatic carbocycles. The summed E-state index contributed by atoms with van der Waals surface area (Å²) in [4.78, 5) is 15.5. The van der Waals surface area contributed by atoms with E-state index in [9.17, 15) is 4.79 Å². The molecule has 1 atom stereocenters. The summed E-state index contributed by atoms with van der Waals surface area (Å²) in [6.07, 6.45) is 3.21. The molecule has 1 aromatic heterocycles. The number of amides is 1.